The number of benzene rings is 2. The molecule has 118 valence electrons. The lowest BCUT2D eigenvalue weighted by Gasteiger charge is -2.07. The van der Waals surface area contributed by atoms with E-state index in [-0.39, 0.29) is 12.7 Å². The van der Waals surface area contributed by atoms with Crippen molar-refractivity contribution in [3.63, 3.8) is 0 Å². The summed E-state index contributed by atoms with van der Waals surface area (Å²) in [6.07, 6.45) is 3.16. The summed E-state index contributed by atoms with van der Waals surface area (Å²) in [5.41, 5.74) is 3.69. The topological polar surface area (TPSA) is 47.6 Å². The van der Waals surface area contributed by atoms with Crippen LogP contribution in [-0.4, -0.2) is 12.7 Å². The van der Waals surface area contributed by atoms with Crippen molar-refractivity contribution >= 4 is 29.3 Å². The molecule has 1 aliphatic rings. The van der Waals surface area contributed by atoms with Crippen LogP contribution in [-0.2, 0) is 4.79 Å². The SMILES string of the molecule is Cc1ccc(C)c(NC(=O)/C=C/c2cc(Cl)c3c(c2)OCO3)c1. The van der Waals surface area contributed by atoms with Gasteiger partial charge in [0.05, 0.1) is 5.02 Å². The van der Waals surface area contributed by atoms with E-state index in [4.69, 9.17) is 21.1 Å². The number of ether oxygens (including phenoxy) is 2. The Kier molecular flexibility index (Phi) is 4.26. The maximum Gasteiger partial charge on any atom is 0.248 e. The number of hydrogen-bond acceptors (Lipinski definition) is 3. The van der Waals surface area contributed by atoms with Crippen LogP contribution < -0.4 is 14.8 Å². The maximum atomic E-state index is 12.1. The highest BCUT2D eigenvalue weighted by Gasteiger charge is 2.17. The van der Waals surface area contributed by atoms with Crippen molar-refractivity contribution in [1.29, 1.82) is 0 Å². The molecule has 0 aliphatic carbocycles. The molecule has 0 spiro atoms. The van der Waals surface area contributed by atoms with Crippen molar-refractivity contribution in [3.8, 4) is 11.5 Å². The third kappa shape index (κ3) is 3.48. The van der Waals surface area contributed by atoms with Gasteiger partial charge >= 0.3 is 0 Å². The number of rotatable bonds is 3. The Labute approximate surface area is 139 Å². The Bertz CT molecular complexity index is 799. The normalized spacial score (nSPS) is 12.7. The number of fused-ring (bicyclic) bond motifs is 1. The summed E-state index contributed by atoms with van der Waals surface area (Å²) in [7, 11) is 0. The van der Waals surface area contributed by atoms with Crippen LogP contribution >= 0.6 is 11.6 Å². The van der Waals surface area contributed by atoms with Gasteiger partial charge in [0.25, 0.3) is 0 Å². The van der Waals surface area contributed by atoms with Crippen LogP contribution in [0.5, 0.6) is 11.5 Å². The molecule has 0 aromatic heterocycles. The van der Waals surface area contributed by atoms with Gasteiger partial charge in [-0.1, -0.05) is 23.7 Å². The van der Waals surface area contributed by atoms with Gasteiger partial charge in [0.2, 0.25) is 12.7 Å². The van der Waals surface area contributed by atoms with Gasteiger partial charge in [0.15, 0.2) is 11.5 Å². The molecular formula is C18H16ClNO3. The smallest absolute Gasteiger partial charge is 0.248 e. The van der Waals surface area contributed by atoms with Gasteiger partial charge < -0.3 is 14.8 Å². The van der Waals surface area contributed by atoms with E-state index in [1.165, 1.54) is 6.08 Å². The quantitative estimate of drug-likeness (QED) is 0.852. The number of anilines is 1. The summed E-state index contributed by atoms with van der Waals surface area (Å²) in [5.74, 6) is 0.934. The van der Waals surface area contributed by atoms with Crippen molar-refractivity contribution in [2.45, 2.75) is 13.8 Å². The number of amides is 1. The Hall–Kier alpha value is -2.46. The maximum absolute atomic E-state index is 12.1. The third-order valence-corrected chi connectivity index (χ3v) is 3.81. The molecule has 0 saturated carbocycles. The monoisotopic (exact) mass is 329 g/mol. The van der Waals surface area contributed by atoms with Crippen LogP contribution in [0, 0.1) is 13.8 Å². The predicted octanol–water partition coefficient (Wildman–Crippen LogP) is 4.34. The number of halogens is 1. The molecule has 0 radical (unpaired) electrons. The molecule has 3 rings (SSSR count). The first kappa shape index (κ1) is 15.4. The van der Waals surface area contributed by atoms with E-state index in [1.807, 2.05) is 32.0 Å². The van der Waals surface area contributed by atoms with Crippen molar-refractivity contribution in [2.24, 2.45) is 0 Å². The number of carbonyl (C=O) groups excluding carboxylic acids is 1. The van der Waals surface area contributed by atoms with E-state index in [0.717, 1.165) is 22.4 Å². The fraction of sp³-hybridized carbons (Fsp3) is 0.167. The molecule has 0 bridgehead atoms. The summed E-state index contributed by atoms with van der Waals surface area (Å²) in [5, 5.41) is 3.34. The zero-order chi connectivity index (χ0) is 16.4. The van der Waals surface area contributed by atoms with Crippen molar-refractivity contribution in [2.75, 3.05) is 12.1 Å². The summed E-state index contributed by atoms with van der Waals surface area (Å²) < 4.78 is 10.6. The number of nitrogens with one attached hydrogen (secondary N) is 1. The van der Waals surface area contributed by atoms with E-state index >= 15 is 0 Å². The number of hydrogen-bond donors (Lipinski definition) is 1. The van der Waals surface area contributed by atoms with Crippen LogP contribution in [0.4, 0.5) is 5.69 Å². The van der Waals surface area contributed by atoms with E-state index in [1.54, 1.807) is 18.2 Å². The second kappa shape index (κ2) is 6.34. The van der Waals surface area contributed by atoms with Gasteiger partial charge in [0, 0.05) is 11.8 Å². The van der Waals surface area contributed by atoms with Crippen LogP contribution in [0.15, 0.2) is 36.4 Å². The predicted molar refractivity (Wildman–Crippen MR) is 91.2 cm³/mol. The first-order valence-electron chi connectivity index (χ1n) is 7.18. The Morgan fingerprint density at radius 1 is 1.22 bits per heavy atom. The molecular weight excluding hydrogens is 314 g/mol. The van der Waals surface area contributed by atoms with Gasteiger partial charge in [-0.15, -0.1) is 0 Å². The van der Waals surface area contributed by atoms with Gasteiger partial charge in [-0.3, -0.25) is 4.79 Å². The molecule has 0 fully saturated rings. The van der Waals surface area contributed by atoms with Gasteiger partial charge in [-0.05, 0) is 54.8 Å². The highest BCUT2D eigenvalue weighted by atomic mass is 35.5. The summed E-state index contributed by atoms with van der Waals surface area (Å²) in [6, 6.07) is 9.45. The lowest BCUT2D eigenvalue weighted by molar-refractivity contribution is -0.111. The number of aryl methyl sites for hydroxylation is 2. The third-order valence-electron chi connectivity index (χ3n) is 3.53. The average molecular weight is 330 g/mol. The molecule has 23 heavy (non-hydrogen) atoms. The lowest BCUT2D eigenvalue weighted by atomic mass is 10.1. The minimum absolute atomic E-state index is 0.162. The molecule has 1 N–H and O–H groups in total. The average Bonchev–Trinajstić information content (AvgIpc) is 2.98. The summed E-state index contributed by atoms with van der Waals surface area (Å²) in [4.78, 5) is 12.1. The Balaban J connectivity index is 1.74. The lowest BCUT2D eigenvalue weighted by Crippen LogP contribution is -2.09. The van der Waals surface area contributed by atoms with Crippen molar-refractivity contribution in [3.05, 3.63) is 58.1 Å². The van der Waals surface area contributed by atoms with E-state index in [9.17, 15) is 4.79 Å². The first-order valence-corrected chi connectivity index (χ1v) is 7.56. The molecule has 4 nitrogen and oxygen atoms in total. The fourth-order valence-corrected chi connectivity index (χ4v) is 2.57. The van der Waals surface area contributed by atoms with E-state index in [2.05, 4.69) is 5.32 Å². The molecule has 2 aromatic carbocycles. The highest BCUT2D eigenvalue weighted by Crippen LogP contribution is 2.40. The van der Waals surface area contributed by atoms with Gasteiger partial charge in [-0.25, -0.2) is 0 Å². The molecule has 1 amide bonds. The molecule has 2 aromatic rings. The summed E-state index contributed by atoms with van der Waals surface area (Å²) >= 11 is 6.12. The standard InChI is InChI=1S/C18H16ClNO3/c1-11-3-4-12(2)15(7-11)20-17(21)6-5-13-8-14(19)18-16(9-13)22-10-23-18/h3-9H,10H2,1-2H3,(H,20,21)/b6-5+. The highest BCUT2D eigenvalue weighted by molar-refractivity contribution is 6.32. The van der Waals surface area contributed by atoms with Crippen LogP contribution in [0.1, 0.15) is 16.7 Å². The minimum atomic E-state index is -0.201. The largest absolute Gasteiger partial charge is 0.454 e. The molecule has 1 aliphatic heterocycles. The molecule has 0 atom stereocenters. The molecule has 0 saturated heterocycles. The van der Waals surface area contributed by atoms with E-state index in [0.29, 0.717) is 16.5 Å². The zero-order valence-electron chi connectivity index (χ0n) is 12.9. The van der Waals surface area contributed by atoms with Crippen LogP contribution in [0.3, 0.4) is 0 Å². The fourth-order valence-electron chi connectivity index (χ4n) is 2.30. The first-order chi connectivity index (χ1) is 11.0. The van der Waals surface area contributed by atoms with E-state index < -0.39 is 0 Å². The van der Waals surface area contributed by atoms with Gasteiger partial charge in [0.1, 0.15) is 0 Å². The van der Waals surface area contributed by atoms with Crippen molar-refractivity contribution < 1.29 is 14.3 Å². The summed E-state index contributed by atoms with van der Waals surface area (Å²) in [6.45, 7) is 4.10. The minimum Gasteiger partial charge on any atom is -0.454 e. The van der Waals surface area contributed by atoms with Crippen LogP contribution in [0.2, 0.25) is 5.02 Å². The zero-order valence-corrected chi connectivity index (χ0v) is 13.6. The second-order valence-corrected chi connectivity index (χ2v) is 5.78. The van der Waals surface area contributed by atoms with Crippen LogP contribution in [0.25, 0.3) is 6.08 Å². The Morgan fingerprint density at radius 3 is 2.87 bits per heavy atom. The van der Waals surface area contributed by atoms with Gasteiger partial charge in [-0.2, -0.15) is 0 Å². The molecule has 1 heterocycles. The van der Waals surface area contributed by atoms with Crippen molar-refractivity contribution in [1.82, 2.24) is 0 Å². The molecule has 0 unspecified atom stereocenters. The second-order valence-electron chi connectivity index (χ2n) is 5.38. The number of carbonyl (C=O) groups is 1. The Morgan fingerprint density at radius 2 is 2.04 bits per heavy atom. The molecule has 5 heteroatoms.